The predicted molar refractivity (Wildman–Crippen MR) is 76.4 cm³/mol. The first kappa shape index (κ1) is 16.2. The summed E-state index contributed by atoms with van der Waals surface area (Å²) in [7, 11) is 0. The average Bonchev–Trinajstić information content (AvgIpc) is 2.53. The third kappa shape index (κ3) is 3.55. The minimum Gasteiger partial charge on any atom is -0.394 e. The van der Waals surface area contributed by atoms with Gasteiger partial charge in [0.1, 0.15) is 24.4 Å². The molecule has 1 unspecified atom stereocenters. The van der Waals surface area contributed by atoms with Crippen LogP contribution in [0.25, 0.3) is 0 Å². The maximum Gasteiger partial charge on any atom is 0.213 e. The monoisotopic (exact) mass is 314 g/mol. The second-order valence-electron chi connectivity index (χ2n) is 4.52. The van der Waals surface area contributed by atoms with E-state index in [1.807, 2.05) is 0 Å². The van der Waals surface area contributed by atoms with Gasteiger partial charge in [-0.3, -0.25) is 0 Å². The second-order valence-corrected chi connectivity index (χ2v) is 4.71. The first-order chi connectivity index (χ1) is 10.1. The molecule has 1 saturated heterocycles. The summed E-state index contributed by atoms with van der Waals surface area (Å²) in [4.78, 5) is 5.35. The fourth-order valence-corrected chi connectivity index (χ4v) is 2.11. The number of aliphatic hydroxyl groups excluding tert-OH is 4. The van der Waals surface area contributed by atoms with E-state index in [1.165, 1.54) is 0 Å². The number of benzene rings is 1. The average molecular weight is 314 g/mol. The van der Waals surface area contributed by atoms with E-state index in [1.54, 1.807) is 30.3 Å². The molecule has 1 aromatic carbocycles. The Labute approximate surface area is 126 Å². The quantitative estimate of drug-likeness (QED) is 0.314. The molecule has 115 valence electrons. The minimum atomic E-state index is -1.51. The topological polar surface area (TPSA) is 103 Å². The molecule has 21 heavy (non-hydrogen) atoms. The van der Waals surface area contributed by atoms with Gasteiger partial charge < -0.3 is 25.2 Å². The molecular formula is C13H16NO6S. The van der Waals surface area contributed by atoms with Gasteiger partial charge in [-0.1, -0.05) is 30.4 Å². The van der Waals surface area contributed by atoms with Gasteiger partial charge in [0, 0.05) is 0 Å². The Hall–Kier alpha value is -1.13. The molecule has 5 atom stereocenters. The third-order valence-electron chi connectivity index (χ3n) is 3.13. The minimum absolute atomic E-state index is 0.530. The number of hydroxylamine groups is 1. The molecule has 4 N–H and O–H groups in total. The number of hydrogen-bond donors (Lipinski definition) is 4. The molecule has 0 amide bonds. The number of anilines is 1. The Morgan fingerprint density at radius 1 is 1.14 bits per heavy atom. The Morgan fingerprint density at radius 2 is 1.81 bits per heavy atom. The van der Waals surface area contributed by atoms with Gasteiger partial charge in [-0.15, -0.1) is 0 Å². The number of para-hydroxylation sites is 1. The van der Waals surface area contributed by atoms with E-state index in [9.17, 15) is 15.3 Å². The van der Waals surface area contributed by atoms with Crippen molar-refractivity contribution < 1.29 is 30.0 Å². The number of nitrogens with zero attached hydrogens (tertiary/aromatic N) is 1. The lowest BCUT2D eigenvalue weighted by Gasteiger charge is -2.40. The van der Waals surface area contributed by atoms with E-state index in [4.69, 9.17) is 26.9 Å². The van der Waals surface area contributed by atoms with Crippen LogP contribution in [0.15, 0.2) is 30.3 Å². The third-order valence-corrected chi connectivity index (χ3v) is 3.30. The van der Waals surface area contributed by atoms with E-state index in [-0.39, 0.29) is 0 Å². The van der Waals surface area contributed by atoms with Crippen molar-refractivity contribution in [3.63, 3.8) is 0 Å². The molecule has 1 radical (unpaired) electrons. The van der Waals surface area contributed by atoms with Crippen molar-refractivity contribution in [2.45, 2.75) is 30.7 Å². The lowest BCUT2D eigenvalue weighted by molar-refractivity contribution is -0.300. The standard InChI is InChI=1S/C13H16NO6S/c15-6-9-10(16)11(17)12(18)13(19-9)20-14(7-21)8-4-2-1-3-5-8/h1-5,9-13,15-18H,6H2/t9-,10-,11+,12-,13?/m1/s1. The highest BCUT2D eigenvalue weighted by Crippen LogP contribution is 2.24. The molecule has 8 heteroatoms. The van der Waals surface area contributed by atoms with Crippen molar-refractivity contribution in [3.05, 3.63) is 30.3 Å². The number of rotatable bonds is 5. The van der Waals surface area contributed by atoms with Gasteiger partial charge in [-0.25, -0.2) is 9.90 Å². The van der Waals surface area contributed by atoms with Crippen LogP contribution in [-0.4, -0.2) is 63.2 Å². The molecule has 1 aliphatic heterocycles. The number of ether oxygens (including phenoxy) is 1. The molecule has 1 aliphatic rings. The Bertz CT molecular complexity index is 459. The number of hydrogen-bond acceptors (Lipinski definition) is 7. The van der Waals surface area contributed by atoms with Gasteiger partial charge >= 0.3 is 0 Å². The van der Waals surface area contributed by atoms with Crippen LogP contribution in [0.2, 0.25) is 0 Å². The highest BCUT2D eigenvalue weighted by molar-refractivity contribution is 7.79. The molecule has 0 bridgehead atoms. The Balaban J connectivity index is 2.11. The van der Waals surface area contributed by atoms with Crippen molar-refractivity contribution in [3.8, 4) is 0 Å². The van der Waals surface area contributed by atoms with Crippen LogP contribution in [0.1, 0.15) is 0 Å². The van der Waals surface area contributed by atoms with Gasteiger partial charge in [-0.05, 0) is 12.1 Å². The van der Waals surface area contributed by atoms with E-state index in [0.29, 0.717) is 5.69 Å². The molecule has 0 spiro atoms. The van der Waals surface area contributed by atoms with Crippen LogP contribution < -0.4 is 5.06 Å². The lowest BCUT2D eigenvalue weighted by atomic mass is 9.99. The summed E-state index contributed by atoms with van der Waals surface area (Å²) in [6, 6.07) is 8.71. The number of thiocarbonyl (C=S) groups is 1. The van der Waals surface area contributed by atoms with Gasteiger partial charge in [-0.2, -0.15) is 0 Å². The zero-order valence-corrected chi connectivity index (χ0v) is 11.8. The van der Waals surface area contributed by atoms with Crippen molar-refractivity contribution in [2.75, 3.05) is 11.7 Å². The number of aliphatic hydroxyl groups is 4. The smallest absolute Gasteiger partial charge is 0.213 e. The van der Waals surface area contributed by atoms with Crippen LogP contribution in [-0.2, 0) is 9.57 Å². The van der Waals surface area contributed by atoms with Crippen LogP contribution in [0, 0.1) is 0 Å². The highest BCUT2D eigenvalue weighted by atomic mass is 32.1. The van der Waals surface area contributed by atoms with E-state index in [2.05, 4.69) is 5.49 Å². The zero-order valence-electron chi connectivity index (χ0n) is 10.9. The molecule has 2 rings (SSSR count). The molecule has 0 aliphatic carbocycles. The van der Waals surface area contributed by atoms with Gasteiger partial charge in [0.25, 0.3) is 0 Å². The van der Waals surface area contributed by atoms with Crippen LogP contribution in [0.5, 0.6) is 0 Å². The first-order valence-corrected chi connectivity index (χ1v) is 6.69. The van der Waals surface area contributed by atoms with E-state index >= 15 is 0 Å². The summed E-state index contributed by atoms with van der Waals surface area (Å²) >= 11 is 4.73. The van der Waals surface area contributed by atoms with Crippen LogP contribution in [0.4, 0.5) is 5.69 Å². The Kier molecular flexibility index (Phi) is 5.59. The van der Waals surface area contributed by atoms with Gasteiger partial charge in [0.2, 0.25) is 6.29 Å². The molecule has 1 aromatic rings. The summed E-state index contributed by atoms with van der Waals surface area (Å²) in [5, 5.41) is 39.4. The summed E-state index contributed by atoms with van der Waals surface area (Å²) in [5.41, 5.74) is 2.89. The molecular weight excluding hydrogens is 298 g/mol. The fourth-order valence-electron chi connectivity index (χ4n) is 1.96. The summed E-state index contributed by atoms with van der Waals surface area (Å²) in [5.74, 6) is 0. The van der Waals surface area contributed by atoms with E-state index in [0.717, 1.165) is 5.06 Å². The normalized spacial score (nSPS) is 32.7. The highest BCUT2D eigenvalue weighted by Gasteiger charge is 2.45. The van der Waals surface area contributed by atoms with Crippen molar-refractivity contribution in [1.82, 2.24) is 0 Å². The molecule has 0 saturated carbocycles. The predicted octanol–water partition coefficient (Wildman–Crippen LogP) is -0.941. The zero-order chi connectivity index (χ0) is 15.4. The maximum absolute atomic E-state index is 9.88. The maximum atomic E-state index is 9.88. The van der Waals surface area contributed by atoms with E-state index < -0.39 is 37.3 Å². The van der Waals surface area contributed by atoms with Crippen molar-refractivity contribution >= 4 is 23.4 Å². The largest absolute Gasteiger partial charge is 0.394 e. The van der Waals surface area contributed by atoms with Crippen LogP contribution in [0.3, 0.4) is 0 Å². The van der Waals surface area contributed by atoms with Gasteiger partial charge in [0.05, 0.1) is 12.3 Å². The fraction of sp³-hybridized carbons (Fsp3) is 0.462. The SMILES string of the molecule is OC[C@H]1OC(ON([C]=S)c2ccccc2)[C@H](O)[C@@H](O)[C@@H]1O. The first-order valence-electron chi connectivity index (χ1n) is 6.28. The summed E-state index contributed by atoms with van der Waals surface area (Å²) in [6.07, 6.45) is -6.81. The lowest BCUT2D eigenvalue weighted by Crippen LogP contribution is -2.60. The molecule has 1 fully saturated rings. The Morgan fingerprint density at radius 3 is 2.38 bits per heavy atom. The summed E-state index contributed by atoms with van der Waals surface area (Å²) < 4.78 is 5.22. The van der Waals surface area contributed by atoms with Crippen LogP contribution >= 0.6 is 12.2 Å². The molecule has 7 nitrogen and oxygen atoms in total. The van der Waals surface area contributed by atoms with Crippen molar-refractivity contribution in [1.29, 1.82) is 0 Å². The summed E-state index contributed by atoms with van der Waals surface area (Å²) in [6.45, 7) is -0.530. The van der Waals surface area contributed by atoms with Crippen molar-refractivity contribution in [2.24, 2.45) is 0 Å². The second kappa shape index (κ2) is 7.23. The van der Waals surface area contributed by atoms with Gasteiger partial charge in [0.15, 0.2) is 5.49 Å². The molecule has 0 aromatic heterocycles. The molecule has 1 heterocycles.